The molecule has 23 heavy (non-hydrogen) atoms. The summed E-state index contributed by atoms with van der Waals surface area (Å²) in [5.41, 5.74) is 0.960. The number of nitrogens with one attached hydrogen (secondary N) is 1. The highest BCUT2D eigenvalue weighted by Gasteiger charge is 2.19. The molecular weight excluding hydrogens is 316 g/mol. The molecule has 6 nitrogen and oxygen atoms in total. The number of aromatic nitrogens is 1. The number of pyridine rings is 1. The van der Waals surface area contributed by atoms with E-state index in [4.69, 9.17) is 5.11 Å². The van der Waals surface area contributed by atoms with Crippen molar-refractivity contribution in [2.75, 3.05) is 4.72 Å². The molecule has 0 saturated carbocycles. The van der Waals surface area contributed by atoms with E-state index in [0.29, 0.717) is 5.69 Å². The van der Waals surface area contributed by atoms with Crippen molar-refractivity contribution >= 4 is 21.7 Å². The van der Waals surface area contributed by atoms with E-state index in [0.717, 1.165) is 11.6 Å². The summed E-state index contributed by atoms with van der Waals surface area (Å²) in [5.74, 6) is -1.18. The number of aromatic carboxylic acids is 1. The van der Waals surface area contributed by atoms with Gasteiger partial charge in [-0.2, -0.15) is 0 Å². The molecule has 1 heterocycles. The van der Waals surface area contributed by atoms with Gasteiger partial charge in [0, 0.05) is 6.20 Å². The molecule has 0 spiro atoms. The molecule has 1 aromatic heterocycles. The minimum absolute atomic E-state index is 0.0885. The number of benzene rings is 1. The van der Waals surface area contributed by atoms with Crippen LogP contribution in [0, 0.1) is 0 Å². The average molecular weight is 334 g/mol. The number of nitrogens with zero attached hydrogens (tertiary/aromatic N) is 1. The molecule has 2 N–H and O–H groups in total. The molecule has 1 aromatic carbocycles. The van der Waals surface area contributed by atoms with E-state index in [1.54, 1.807) is 12.3 Å². The van der Waals surface area contributed by atoms with Gasteiger partial charge in [-0.1, -0.05) is 26.8 Å². The molecule has 0 bridgehead atoms. The minimum atomic E-state index is -3.88. The maximum Gasteiger partial charge on any atom is 0.335 e. The SMILES string of the molecule is CC(C)(C)c1cncc(NS(=O)(=O)c2cccc(C(=O)O)c2)c1. The van der Waals surface area contributed by atoms with Crippen molar-refractivity contribution in [3.63, 3.8) is 0 Å². The van der Waals surface area contributed by atoms with Crippen molar-refractivity contribution in [3.05, 3.63) is 53.9 Å². The maximum atomic E-state index is 12.4. The van der Waals surface area contributed by atoms with Gasteiger partial charge in [0.05, 0.1) is 22.3 Å². The van der Waals surface area contributed by atoms with E-state index in [-0.39, 0.29) is 15.9 Å². The fourth-order valence-electron chi connectivity index (χ4n) is 1.92. The van der Waals surface area contributed by atoms with Crippen LogP contribution in [0.15, 0.2) is 47.6 Å². The summed E-state index contributed by atoms with van der Waals surface area (Å²) in [6, 6.07) is 6.90. The van der Waals surface area contributed by atoms with Crippen LogP contribution in [0.3, 0.4) is 0 Å². The van der Waals surface area contributed by atoms with Gasteiger partial charge in [0.25, 0.3) is 10.0 Å². The largest absolute Gasteiger partial charge is 0.478 e. The lowest BCUT2D eigenvalue weighted by Gasteiger charge is -2.19. The number of carboxylic acid groups (broad SMARTS) is 1. The monoisotopic (exact) mass is 334 g/mol. The topological polar surface area (TPSA) is 96.4 Å². The van der Waals surface area contributed by atoms with Crippen molar-refractivity contribution in [3.8, 4) is 0 Å². The van der Waals surface area contributed by atoms with Gasteiger partial charge < -0.3 is 5.11 Å². The molecule has 0 aliphatic rings. The molecule has 0 aliphatic carbocycles. The first-order valence-corrected chi connectivity index (χ1v) is 8.39. The normalized spacial score (nSPS) is 12.0. The summed E-state index contributed by atoms with van der Waals surface area (Å²) in [6.07, 6.45) is 3.09. The minimum Gasteiger partial charge on any atom is -0.478 e. The summed E-state index contributed by atoms with van der Waals surface area (Å²) >= 11 is 0. The summed E-state index contributed by atoms with van der Waals surface area (Å²) in [5, 5.41) is 8.97. The van der Waals surface area contributed by atoms with Gasteiger partial charge in [0.15, 0.2) is 0 Å². The van der Waals surface area contributed by atoms with Gasteiger partial charge in [0.1, 0.15) is 0 Å². The highest BCUT2D eigenvalue weighted by atomic mass is 32.2. The Hall–Kier alpha value is -2.41. The van der Waals surface area contributed by atoms with Crippen LogP contribution in [0.1, 0.15) is 36.7 Å². The first kappa shape index (κ1) is 17.0. The second-order valence-electron chi connectivity index (χ2n) is 6.15. The molecule has 7 heteroatoms. The molecule has 0 amide bonds. The van der Waals surface area contributed by atoms with E-state index in [1.165, 1.54) is 24.4 Å². The van der Waals surface area contributed by atoms with Crippen molar-refractivity contribution in [2.24, 2.45) is 0 Å². The van der Waals surface area contributed by atoms with E-state index in [1.807, 2.05) is 20.8 Å². The Morgan fingerprint density at radius 3 is 2.48 bits per heavy atom. The Morgan fingerprint density at radius 2 is 1.87 bits per heavy atom. The highest BCUT2D eigenvalue weighted by molar-refractivity contribution is 7.92. The number of carboxylic acids is 1. The Morgan fingerprint density at radius 1 is 1.17 bits per heavy atom. The highest BCUT2D eigenvalue weighted by Crippen LogP contribution is 2.25. The maximum absolute atomic E-state index is 12.4. The van der Waals surface area contributed by atoms with Crippen LogP contribution in [0.4, 0.5) is 5.69 Å². The number of anilines is 1. The Balaban J connectivity index is 2.35. The summed E-state index contributed by atoms with van der Waals surface area (Å²) in [4.78, 5) is 14.9. The van der Waals surface area contributed by atoms with E-state index < -0.39 is 16.0 Å². The van der Waals surface area contributed by atoms with Crippen molar-refractivity contribution in [1.82, 2.24) is 4.98 Å². The summed E-state index contributed by atoms with van der Waals surface area (Å²) < 4.78 is 27.2. The van der Waals surface area contributed by atoms with Crippen LogP contribution < -0.4 is 4.72 Å². The van der Waals surface area contributed by atoms with Crippen LogP contribution in [0.2, 0.25) is 0 Å². The second-order valence-corrected chi connectivity index (χ2v) is 7.83. The van der Waals surface area contributed by atoms with E-state index in [2.05, 4.69) is 9.71 Å². The molecule has 0 atom stereocenters. The van der Waals surface area contributed by atoms with Crippen LogP contribution in [-0.2, 0) is 15.4 Å². The number of sulfonamides is 1. The van der Waals surface area contributed by atoms with Crippen molar-refractivity contribution < 1.29 is 18.3 Å². The second kappa shape index (κ2) is 6.00. The van der Waals surface area contributed by atoms with Gasteiger partial charge in [-0.25, -0.2) is 13.2 Å². The van der Waals surface area contributed by atoms with Gasteiger partial charge in [-0.05, 0) is 35.2 Å². The summed E-state index contributed by atoms with van der Waals surface area (Å²) in [6.45, 7) is 6.00. The molecule has 2 rings (SSSR count). The fourth-order valence-corrected chi connectivity index (χ4v) is 3.00. The first-order chi connectivity index (χ1) is 10.6. The zero-order valence-electron chi connectivity index (χ0n) is 13.1. The summed E-state index contributed by atoms with van der Waals surface area (Å²) in [7, 11) is -3.88. The van der Waals surface area contributed by atoms with Gasteiger partial charge in [-0.15, -0.1) is 0 Å². The first-order valence-electron chi connectivity index (χ1n) is 6.91. The fraction of sp³-hybridized carbons (Fsp3) is 0.250. The lowest BCUT2D eigenvalue weighted by atomic mass is 9.88. The lowest BCUT2D eigenvalue weighted by molar-refractivity contribution is 0.0696. The third-order valence-electron chi connectivity index (χ3n) is 3.25. The van der Waals surface area contributed by atoms with Crippen molar-refractivity contribution in [2.45, 2.75) is 31.1 Å². The number of carbonyl (C=O) groups is 1. The van der Waals surface area contributed by atoms with Crippen LogP contribution >= 0.6 is 0 Å². The zero-order valence-corrected chi connectivity index (χ0v) is 13.9. The number of hydrogen-bond donors (Lipinski definition) is 2. The molecule has 0 radical (unpaired) electrons. The molecular formula is C16H18N2O4S. The third kappa shape index (κ3) is 4.07. The number of hydrogen-bond acceptors (Lipinski definition) is 4. The van der Waals surface area contributed by atoms with Gasteiger partial charge >= 0.3 is 5.97 Å². The van der Waals surface area contributed by atoms with Crippen molar-refractivity contribution in [1.29, 1.82) is 0 Å². The molecule has 0 aliphatic heterocycles. The molecule has 0 saturated heterocycles. The Kier molecular flexibility index (Phi) is 4.42. The molecule has 2 aromatic rings. The van der Waals surface area contributed by atoms with Crippen LogP contribution in [0.25, 0.3) is 0 Å². The van der Waals surface area contributed by atoms with Gasteiger partial charge in [0.2, 0.25) is 0 Å². The molecule has 0 unspecified atom stereocenters. The van der Waals surface area contributed by atoms with Crippen LogP contribution in [-0.4, -0.2) is 24.5 Å². The molecule has 0 fully saturated rings. The predicted molar refractivity (Wildman–Crippen MR) is 87.1 cm³/mol. The smallest absolute Gasteiger partial charge is 0.335 e. The van der Waals surface area contributed by atoms with E-state index in [9.17, 15) is 13.2 Å². The number of rotatable bonds is 4. The molecule has 122 valence electrons. The van der Waals surface area contributed by atoms with Gasteiger partial charge in [-0.3, -0.25) is 9.71 Å². The lowest BCUT2D eigenvalue weighted by Crippen LogP contribution is -2.16. The average Bonchev–Trinajstić information content (AvgIpc) is 2.46. The Bertz CT molecular complexity index is 839. The Labute approximate surface area is 135 Å². The third-order valence-corrected chi connectivity index (χ3v) is 4.63. The van der Waals surface area contributed by atoms with E-state index >= 15 is 0 Å². The quantitative estimate of drug-likeness (QED) is 0.896. The zero-order chi connectivity index (χ0) is 17.3. The standard InChI is InChI=1S/C16H18N2O4S/c1-16(2,3)12-8-13(10-17-9-12)18-23(21,22)14-6-4-5-11(7-14)15(19)20/h4-10,18H,1-3H3,(H,19,20). The predicted octanol–water partition coefficient (Wildman–Crippen LogP) is 2.88. The van der Waals surface area contributed by atoms with Crippen LogP contribution in [0.5, 0.6) is 0 Å².